The summed E-state index contributed by atoms with van der Waals surface area (Å²) in [5.41, 5.74) is 1.05. The van der Waals surface area contributed by atoms with Crippen molar-refractivity contribution >= 4 is 17.7 Å². The van der Waals surface area contributed by atoms with E-state index in [9.17, 15) is 18.0 Å². The van der Waals surface area contributed by atoms with Gasteiger partial charge in [-0.1, -0.05) is 29.8 Å². The molecule has 2 rings (SSSR count). The van der Waals surface area contributed by atoms with Crippen LogP contribution in [0.15, 0.2) is 53.4 Å². The number of carbonyl (C=O) groups excluding carboxylic acids is 1. The Bertz CT molecular complexity index is 666. The molecule has 0 heterocycles. The van der Waals surface area contributed by atoms with Crippen molar-refractivity contribution in [1.29, 1.82) is 0 Å². The second kappa shape index (κ2) is 8.24. The summed E-state index contributed by atoms with van der Waals surface area (Å²) < 4.78 is 37.4. The van der Waals surface area contributed by atoms with Gasteiger partial charge in [-0.2, -0.15) is 13.2 Å². The van der Waals surface area contributed by atoms with Crippen molar-refractivity contribution < 1.29 is 18.0 Å². The van der Waals surface area contributed by atoms with E-state index in [2.05, 4.69) is 5.32 Å². The molecule has 0 saturated heterocycles. The Hall–Kier alpha value is -1.95. The van der Waals surface area contributed by atoms with Crippen LogP contribution in [0.3, 0.4) is 0 Å². The third-order valence-electron chi connectivity index (χ3n) is 3.36. The topological polar surface area (TPSA) is 29.1 Å². The summed E-state index contributed by atoms with van der Waals surface area (Å²) >= 11 is 1.64. The summed E-state index contributed by atoms with van der Waals surface area (Å²) in [5.74, 6) is 0.543. The van der Waals surface area contributed by atoms with Crippen molar-refractivity contribution in [2.45, 2.75) is 24.4 Å². The minimum absolute atomic E-state index is 0.0767. The van der Waals surface area contributed by atoms with Gasteiger partial charge in [0.05, 0.1) is 12.0 Å². The summed E-state index contributed by atoms with van der Waals surface area (Å²) in [7, 11) is 0. The number of rotatable bonds is 6. The van der Waals surface area contributed by atoms with E-state index in [1.54, 1.807) is 11.8 Å². The standard InChI is InChI=1S/C18H18F3NOS/c1-13-2-8-16(9-3-13)24-11-10-22-17(23)12-14-4-6-15(7-5-14)18(19,20)21/h2-9H,10-12H2,1H3,(H,22,23). The van der Waals surface area contributed by atoms with Crippen LogP contribution in [-0.4, -0.2) is 18.2 Å². The molecule has 2 nitrogen and oxygen atoms in total. The Balaban J connectivity index is 1.72. The Morgan fingerprint density at radius 3 is 2.25 bits per heavy atom. The van der Waals surface area contributed by atoms with E-state index in [1.165, 1.54) is 17.7 Å². The third kappa shape index (κ3) is 5.92. The molecule has 1 amide bonds. The highest BCUT2D eigenvalue weighted by molar-refractivity contribution is 7.99. The first kappa shape index (κ1) is 18.4. The molecule has 0 aliphatic rings. The monoisotopic (exact) mass is 353 g/mol. The molecule has 0 spiro atoms. The van der Waals surface area contributed by atoms with Crippen LogP contribution in [0.2, 0.25) is 0 Å². The van der Waals surface area contributed by atoms with Crippen molar-refractivity contribution in [3.63, 3.8) is 0 Å². The number of carbonyl (C=O) groups is 1. The van der Waals surface area contributed by atoms with Gasteiger partial charge in [0, 0.05) is 17.2 Å². The number of hydrogen-bond acceptors (Lipinski definition) is 2. The van der Waals surface area contributed by atoms with E-state index in [0.717, 1.165) is 22.8 Å². The molecule has 0 bridgehead atoms. The van der Waals surface area contributed by atoms with Gasteiger partial charge in [-0.25, -0.2) is 0 Å². The number of benzene rings is 2. The zero-order chi connectivity index (χ0) is 17.6. The normalized spacial score (nSPS) is 11.3. The Kier molecular flexibility index (Phi) is 6.31. The maximum absolute atomic E-state index is 12.5. The maximum Gasteiger partial charge on any atom is 0.416 e. The average Bonchev–Trinajstić information content (AvgIpc) is 2.53. The average molecular weight is 353 g/mol. The summed E-state index contributed by atoms with van der Waals surface area (Å²) in [6.07, 6.45) is -4.28. The largest absolute Gasteiger partial charge is 0.416 e. The molecular weight excluding hydrogens is 335 g/mol. The van der Waals surface area contributed by atoms with Crippen LogP contribution in [0, 0.1) is 6.92 Å². The molecule has 6 heteroatoms. The molecule has 2 aromatic carbocycles. The van der Waals surface area contributed by atoms with E-state index in [0.29, 0.717) is 12.1 Å². The number of amides is 1. The van der Waals surface area contributed by atoms with Crippen molar-refractivity contribution in [2.24, 2.45) is 0 Å². The smallest absolute Gasteiger partial charge is 0.355 e. The van der Waals surface area contributed by atoms with E-state index >= 15 is 0 Å². The van der Waals surface area contributed by atoms with Crippen LogP contribution in [0.1, 0.15) is 16.7 Å². The molecular formula is C18H18F3NOS. The number of nitrogens with one attached hydrogen (secondary N) is 1. The van der Waals surface area contributed by atoms with Crippen molar-refractivity contribution in [3.05, 3.63) is 65.2 Å². The fourth-order valence-electron chi connectivity index (χ4n) is 2.05. The first-order valence-corrected chi connectivity index (χ1v) is 8.45. The molecule has 128 valence electrons. The van der Waals surface area contributed by atoms with E-state index in [1.807, 2.05) is 31.2 Å². The molecule has 2 aromatic rings. The highest BCUT2D eigenvalue weighted by Gasteiger charge is 2.29. The van der Waals surface area contributed by atoms with Gasteiger partial charge in [0.25, 0.3) is 0 Å². The van der Waals surface area contributed by atoms with Crippen LogP contribution < -0.4 is 5.32 Å². The molecule has 0 unspecified atom stereocenters. The summed E-state index contributed by atoms with van der Waals surface area (Å²) in [4.78, 5) is 12.9. The molecule has 1 N–H and O–H groups in total. The van der Waals surface area contributed by atoms with Crippen molar-refractivity contribution in [2.75, 3.05) is 12.3 Å². The molecule has 0 aromatic heterocycles. The fraction of sp³-hybridized carbons (Fsp3) is 0.278. The fourth-order valence-corrected chi connectivity index (χ4v) is 2.82. The van der Waals surface area contributed by atoms with Crippen LogP contribution in [0.5, 0.6) is 0 Å². The molecule has 24 heavy (non-hydrogen) atoms. The summed E-state index contributed by atoms with van der Waals surface area (Å²) in [6, 6.07) is 12.8. The summed E-state index contributed by atoms with van der Waals surface area (Å²) in [6.45, 7) is 2.54. The van der Waals surface area contributed by atoms with Gasteiger partial charge in [0.2, 0.25) is 5.91 Å². The number of hydrogen-bond donors (Lipinski definition) is 1. The van der Waals surface area contributed by atoms with Gasteiger partial charge in [-0.15, -0.1) is 11.8 Å². The number of alkyl halides is 3. The molecule has 0 radical (unpaired) electrons. The number of thioether (sulfide) groups is 1. The van der Waals surface area contributed by atoms with Gasteiger partial charge >= 0.3 is 6.18 Å². The first-order chi connectivity index (χ1) is 11.3. The Labute approximate surface area is 143 Å². The highest BCUT2D eigenvalue weighted by Crippen LogP contribution is 2.29. The first-order valence-electron chi connectivity index (χ1n) is 7.47. The quantitative estimate of drug-likeness (QED) is 0.613. The van der Waals surface area contributed by atoms with E-state index < -0.39 is 11.7 Å². The maximum atomic E-state index is 12.5. The third-order valence-corrected chi connectivity index (χ3v) is 4.37. The van der Waals surface area contributed by atoms with Crippen LogP contribution in [0.25, 0.3) is 0 Å². The molecule has 0 fully saturated rings. The van der Waals surface area contributed by atoms with Gasteiger partial charge in [0.1, 0.15) is 0 Å². The second-order valence-corrected chi connectivity index (χ2v) is 6.55. The summed E-state index contributed by atoms with van der Waals surface area (Å²) in [5, 5.41) is 2.78. The molecule has 0 aliphatic heterocycles. The minimum atomic E-state index is -4.35. The zero-order valence-corrected chi connectivity index (χ0v) is 14.0. The predicted octanol–water partition coefficient (Wildman–Crippen LogP) is 4.46. The van der Waals surface area contributed by atoms with Crippen LogP contribution in [-0.2, 0) is 17.4 Å². The van der Waals surface area contributed by atoms with Crippen molar-refractivity contribution in [3.8, 4) is 0 Å². The van der Waals surface area contributed by atoms with Crippen LogP contribution >= 0.6 is 11.8 Å². The SMILES string of the molecule is Cc1ccc(SCCNC(=O)Cc2ccc(C(F)(F)F)cc2)cc1. The molecule has 0 saturated carbocycles. The lowest BCUT2D eigenvalue weighted by Crippen LogP contribution is -2.27. The lowest BCUT2D eigenvalue weighted by atomic mass is 10.1. The van der Waals surface area contributed by atoms with Gasteiger partial charge in [-0.3, -0.25) is 4.79 Å². The van der Waals surface area contributed by atoms with Gasteiger partial charge in [0.15, 0.2) is 0 Å². The molecule has 0 atom stereocenters. The van der Waals surface area contributed by atoms with E-state index in [-0.39, 0.29) is 12.3 Å². The van der Waals surface area contributed by atoms with Gasteiger partial charge < -0.3 is 5.32 Å². The van der Waals surface area contributed by atoms with E-state index in [4.69, 9.17) is 0 Å². The lowest BCUT2D eigenvalue weighted by Gasteiger charge is -2.08. The highest BCUT2D eigenvalue weighted by atomic mass is 32.2. The lowest BCUT2D eigenvalue weighted by molar-refractivity contribution is -0.137. The molecule has 0 aliphatic carbocycles. The minimum Gasteiger partial charge on any atom is -0.355 e. The van der Waals surface area contributed by atoms with Crippen molar-refractivity contribution in [1.82, 2.24) is 5.32 Å². The number of halogens is 3. The Morgan fingerprint density at radius 2 is 1.67 bits per heavy atom. The second-order valence-electron chi connectivity index (χ2n) is 5.38. The zero-order valence-electron chi connectivity index (χ0n) is 13.2. The van der Waals surface area contributed by atoms with Gasteiger partial charge in [-0.05, 0) is 36.8 Å². The Morgan fingerprint density at radius 1 is 1.04 bits per heavy atom. The predicted molar refractivity (Wildman–Crippen MR) is 90.1 cm³/mol. The van der Waals surface area contributed by atoms with Crippen LogP contribution in [0.4, 0.5) is 13.2 Å². The number of aryl methyl sites for hydroxylation is 1.